The Labute approximate surface area is 193 Å². The molecule has 1 fully saturated rings. The van der Waals surface area contributed by atoms with Crippen LogP contribution < -0.4 is 15.4 Å². The normalized spacial score (nSPS) is 17.9. The molecule has 11 heteroatoms. The first kappa shape index (κ1) is 24.1. The Bertz CT molecular complexity index is 1070. The van der Waals surface area contributed by atoms with Crippen molar-refractivity contribution in [1.29, 1.82) is 0 Å². The largest absolute Gasteiger partial charge is 0.379 e. The monoisotopic (exact) mass is 480 g/mol. The zero-order valence-corrected chi connectivity index (χ0v) is 18.9. The molecule has 3 N–H and O–H groups in total. The molecule has 1 saturated heterocycles. The van der Waals surface area contributed by atoms with Crippen molar-refractivity contribution >= 4 is 45.6 Å². The average Bonchev–Trinajstić information content (AvgIpc) is 2.90. The Morgan fingerprint density at radius 2 is 1.62 bits per heavy atom. The van der Waals surface area contributed by atoms with Crippen molar-refractivity contribution in [3.05, 3.63) is 54.1 Å². The molecule has 0 bridgehead atoms. The second-order valence-electron chi connectivity index (χ2n) is 7.48. The third kappa shape index (κ3) is 5.84. The number of ether oxygens (including phenoxy) is 1. The van der Waals surface area contributed by atoms with E-state index in [1.807, 2.05) is 30.3 Å². The van der Waals surface area contributed by atoms with Crippen molar-refractivity contribution in [2.24, 2.45) is 0 Å². The lowest BCUT2D eigenvalue weighted by molar-refractivity contribution is -0.123. The van der Waals surface area contributed by atoms with E-state index in [1.54, 1.807) is 0 Å². The van der Waals surface area contributed by atoms with Crippen LogP contribution in [-0.2, 0) is 24.3 Å². The van der Waals surface area contributed by atoms with Gasteiger partial charge in [0.1, 0.15) is 6.42 Å². The highest BCUT2D eigenvalue weighted by Crippen LogP contribution is 2.28. The van der Waals surface area contributed by atoms with Gasteiger partial charge in [-0.25, -0.2) is 13.1 Å². The summed E-state index contributed by atoms with van der Waals surface area (Å²) in [6.07, 6.45) is -0.315. The second-order valence-corrected chi connectivity index (χ2v) is 9.19. The topological polar surface area (TPSA) is 117 Å². The van der Waals surface area contributed by atoms with E-state index in [4.69, 9.17) is 4.74 Å². The predicted octanol–water partition coefficient (Wildman–Crippen LogP) is 1.74. The van der Waals surface area contributed by atoms with Gasteiger partial charge in [-0.05, 0) is 23.8 Å². The van der Waals surface area contributed by atoms with Gasteiger partial charge >= 0.3 is 0 Å². The van der Waals surface area contributed by atoms with E-state index in [-0.39, 0.29) is 29.4 Å². The molecule has 0 aliphatic carbocycles. The summed E-state index contributed by atoms with van der Waals surface area (Å²) >= 11 is 0. The summed E-state index contributed by atoms with van der Waals surface area (Å²) in [6.45, 7) is 3.20. The van der Waals surface area contributed by atoms with E-state index in [0.717, 1.165) is 18.7 Å². The van der Waals surface area contributed by atoms with Gasteiger partial charge in [0.05, 0.1) is 35.5 Å². The Kier molecular flexibility index (Phi) is 7.86. The summed E-state index contributed by atoms with van der Waals surface area (Å²) in [5.41, 5.74) is 1.47. The van der Waals surface area contributed by atoms with E-state index in [0.29, 0.717) is 25.4 Å². The van der Waals surface area contributed by atoms with E-state index < -0.39 is 27.9 Å². The highest BCUT2D eigenvalue weighted by atomic mass is 35.5. The fourth-order valence-electron chi connectivity index (χ4n) is 3.63. The minimum Gasteiger partial charge on any atom is -0.379 e. The number of carbonyl (C=O) groups excluding carboxylic acids is 2. The summed E-state index contributed by atoms with van der Waals surface area (Å²) < 4.78 is 34.6. The van der Waals surface area contributed by atoms with Crippen molar-refractivity contribution in [2.45, 2.75) is 17.4 Å². The zero-order valence-electron chi connectivity index (χ0n) is 17.2. The quantitative estimate of drug-likeness (QED) is 0.542. The molecule has 4 rings (SSSR count). The van der Waals surface area contributed by atoms with Crippen LogP contribution >= 0.6 is 12.4 Å². The Balaban J connectivity index is 0.00000289. The molecule has 9 nitrogen and oxygen atoms in total. The van der Waals surface area contributed by atoms with Crippen LogP contribution in [0.15, 0.2) is 53.4 Å². The molecular weight excluding hydrogens is 456 g/mol. The molecule has 1 atom stereocenters. The van der Waals surface area contributed by atoms with Gasteiger partial charge in [-0.2, -0.15) is 0 Å². The van der Waals surface area contributed by atoms with Gasteiger partial charge in [-0.15, -0.1) is 12.4 Å². The minimum atomic E-state index is -3.91. The standard InChI is InChI=1S/C21H24N4O5S.ClH/c26-20-13-21(27)23-18-12-16(6-7-17(18)22-20)31(28,29)24-19(15-4-2-1-3-5-15)14-25-8-10-30-11-9-25;/h1-7,12,19,24H,8-11,13-14H2,(H,22,26)(H,23,27);1H. The van der Waals surface area contributed by atoms with Gasteiger partial charge in [0.15, 0.2) is 0 Å². The molecule has 2 heterocycles. The van der Waals surface area contributed by atoms with E-state index in [2.05, 4.69) is 20.3 Å². The number of nitrogens with one attached hydrogen (secondary N) is 3. The van der Waals surface area contributed by atoms with Gasteiger partial charge in [-0.3, -0.25) is 14.5 Å². The molecule has 172 valence electrons. The first-order chi connectivity index (χ1) is 14.9. The zero-order chi connectivity index (χ0) is 21.8. The van der Waals surface area contributed by atoms with Gasteiger partial charge in [-0.1, -0.05) is 30.3 Å². The number of morpholine rings is 1. The van der Waals surface area contributed by atoms with Crippen LogP contribution in [0.2, 0.25) is 0 Å². The average molecular weight is 481 g/mol. The molecule has 2 aromatic rings. The van der Waals surface area contributed by atoms with Crippen LogP contribution in [0, 0.1) is 0 Å². The molecule has 1 unspecified atom stereocenters. The number of hydrogen-bond acceptors (Lipinski definition) is 6. The molecule has 32 heavy (non-hydrogen) atoms. The molecular formula is C21H25ClN4O5S. The van der Waals surface area contributed by atoms with Crippen molar-refractivity contribution in [2.75, 3.05) is 43.5 Å². The number of nitrogens with zero attached hydrogens (tertiary/aromatic N) is 1. The first-order valence-corrected chi connectivity index (χ1v) is 11.5. The maximum Gasteiger partial charge on any atom is 0.241 e. The molecule has 0 saturated carbocycles. The van der Waals surface area contributed by atoms with Gasteiger partial charge in [0.2, 0.25) is 21.8 Å². The summed E-state index contributed by atoms with van der Waals surface area (Å²) in [7, 11) is -3.91. The van der Waals surface area contributed by atoms with Crippen molar-refractivity contribution in [1.82, 2.24) is 9.62 Å². The van der Waals surface area contributed by atoms with Crippen molar-refractivity contribution in [3.8, 4) is 0 Å². The molecule has 2 aliphatic rings. The fourth-order valence-corrected chi connectivity index (χ4v) is 4.87. The number of fused-ring (bicyclic) bond motifs is 1. The molecule has 0 radical (unpaired) electrons. The second kappa shape index (κ2) is 10.4. The number of sulfonamides is 1. The summed E-state index contributed by atoms with van der Waals surface area (Å²) in [4.78, 5) is 25.7. The molecule has 0 spiro atoms. The maximum atomic E-state index is 13.2. The molecule has 2 amide bonds. The highest BCUT2D eigenvalue weighted by molar-refractivity contribution is 7.89. The van der Waals surface area contributed by atoms with E-state index >= 15 is 0 Å². The Morgan fingerprint density at radius 1 is 0.969 bits per heavy atom. The number of rotatable bonds is 6. The number of benzene rings is 2. The number of hydrogen-bond donors (Lipinski definition) is 3. The van der Waals surface area contributed by atoms with E-state index in [9.17, 15) is 18.0 Å². The third-order valence-corrected chi connectivity index (χ3v) is 6.68. The van der Waals surface area contributed by atoms with Crippen LogP contribution in [0.5, 0.6) is 0 Å². The van der Waals surface area contributed by atoms with Crippen LogP contribution in [-0.4, -0.2) is 58.0 Å². The molecule has 2 aromatic carbocycles. The smallest absolute Gasteiger partial charge is 0.241 e. The number of amides is 2. The Hall–Kier alpha value is -2.50. The lowest BCUT2D eigenvalue weighted by atomic mass is 10.1. The molecule has 0 aromatic heterocycles. The highest BCUT2D eigenvalue weighted by Gasteiger charge is 2.26. The third-order valence-electron chi connectivity index (χ3n) is 5.21. The SMILES string of the molecule is Cl.O=C1CC(=O)Nc2cc(S(=O)(=O)NC(CN3CCOCC3)c3ccccc3)ccc2N1. The van der Waals surface area contributed by atoms with E-state index in [1.165, 1.54) is 18.2 Å². The number of carbonyl (C=O) groups is 2. The Morgan fingerprint density at radius 3 is 2.31 bits per heavy atom. The van der Waals surface area contributed by atoms with Crippen molar-refractivity contribution < 1.29 is 22.7 Å². The maximum absolute atomic E-state index is 13.2. The van der Waals surface area contributed by atoms with Crippen LogP contribution in [0.3, 0.4) is 0 Å². The lowest BCUT2D eigenvalue weighted by Gasteiger charge is -2.31. The van der Waals surface area contributed by atoms with Gasteiger partial charge < -0.3 is 15.4 Å². The van der Waals surface area contributed by atoms with Crippen LogP contribution in [0.1, 0.15) is 18.0 Å². The summed E-state index contributed by atoms with van der Waals surface area (Å²) in [6, 6.07) is 13.2. The van der Waals surface area contributed by atoms with Crippen LogP contribution in [0.4, 0.5) is 11.4 Å². The van der Waals surface area contributed by atoms with Crippen LogP contribution in [0.25, 0.3) is 0 Å². The minimum absolute atomic E-state index is 0. The summed E-state index contributed by atoms with van der Waals surface area (Å²) in [5.74, 6) is -0.937. The number of anilines is 2. The van der Waals surface area contributed by atoms with Gasteiger partial charge in [0, 0.05) is 19.6 Å². The predicted molar refractivity (Wildman–Crippen MR) is 122 cm³/mol. The number of halogens is 1. The molecule has 2 aliphatic heterocycles. The first-order valence-electron chi connectivity index (χ1n) is 10.0. The lowest BCUT2D eigenvalue weighted by Crippen LogP contribution is -2.43. The van der Waals surface area contributed by atoms with Gasteiger partial charge in [0.25, 0.3) is 0 Å². The van der Waals surface area contributed by atoms with Crippen molar-refractivity contribution in [3.63, 3.8) is 0 Å². The summed E-state index contributed by atoms with van der Waals surface area (Å²) in [5, 5.41) is 5.18. The fraction of sp³-hybridized carbons (Fsp3) is 0.333.